The Labute approximate surface area is 147 Å². The van der Waals surface area contributed by atoms with Crippen LogP contribution in [0.25, 0.3) is 0 Å². The number of amides is 1. The highest BCUT2D eigenvalue weighted by Gasteiger charge is 2.31. The van der Waals surface area contributed by atoms with Gasteiger partial charge in [0.2, 0.25) is 0 Å². The van der Waals surface area contributed by atoms with E-state index in [0.29, 0.717) is 5.56 Å². The molecule has 4 rings (SSSR count). The van der Waals surface area contributed by atoms with E-state index in [1.54, 1.807) is 10.9 Å². The first kappa shape index (κ1) is 16.1. The van der Waals surface area contributed by atoms with Gasteiger partial charge in [0.05, 0.1) is 31.0 Å². The molecule has 0 saturated carbocycles. The lowest BCUT2D eigenvalue weighted by molar-refractivity contribution is 0.0735. The third kappa shape index (κ3) is 3.24. The zero-order valence-electron chi connectivity index (χ0n) is 14.5. The van der Waals surface area contributed by atoms with E-state index in [9.17, 15) is 4.79 Å². The summed E-state index contributed by atoms with van der Waals surface area (Å²) < 4.78 is 7.16. The molecule has 4 heterocycles. The van der Waals surface area contributed by atoms with Crippen molar-refractivity contribution in [1.82, 2.24) is 19.7 Å². The van der Waals surface area contributed by atoms with Crippen LogP contribution in [0.4, 0.5) is 5.82 Å². The maximum absolute atomic E-state index is 13.0. The van der Waals surface area contributed by atoms with Crippen LogP contribution in [0, 0.1) is 0 Å². The summed E-state index contributed by atoms with van der Waals surface area (Å²) in [6.45, 7) is 3.92. The van der Waals surface area contributed by atoms with E-state index < -0.39 is 0 Å². The maximum atomic E-state index is 13.0. The average molecular weight is 341 g/mol. The second-order valence-electron chi connectivity index (χ2n) is 6.61. The lowest BCUT2D eigenvalue weighted by Gasteiger charge is -2.28. The molecule has 0 aliphatic carbocycles. The number of morpholine rings is 1. The van der Waals surface area contributed by atoms with E-state index in [0.717, 1.165) is 57.1 Å². The van der Waals surface area contributed by atoms with Gasteiger partial charge in [-0.15, -0.1) is 0 Å². The quantitative estimate of drug-likeness (QED) is 0.849. The van der Waals surface area contributed by atoms with Gasteiger partial charge in [-0.2, -0.15) is 5.10 Å². The molecule has 25 heavy (non-hydrogen) atoms. The maximum Gasteiger partial charge on any atom is 0.255 e. The molecule has 1 atom stereocenters. The largest absolute Gasteiger partial charge is 0.378 e. The van der Waals surface area contributed by atoms with E-state index >= 15 is 0 Å². The third-order valence-corrected chi connectivity index (χ3v) is 4.95. The Kier molecular flexibility index (Phi) is 4.40. The van der Waals surface area contributed by atoms with Crippen molar-refractivity contribution in [2.45, 2.75) is 18.9 Å². The molecule has 2 aliphatic heterocycles. The summed E-state index contributed by atoms with van der Waals surface area (Å²) in [6.07, 6.45) is 7.55. The second-order valence-corrected chi connectivity index (χ2v) is 6.61. The van der Waals surface area contributed by atoms with Gasteiger partial charge in [-0.25, -0.2) is 4.98 Å². The first-order valence-electron chi connectivity index (χ1n) is 8.80. The highest BCUT2D eigenvalue weighted by atomic mass is 16.5. The van der Waals surface area contributed by atoms with Crippen molar-refractivity contribution in [3.63, 3.8) is 0 Å². The first-order chi connectivity index (χ1) is 12.2. The van der Waals surface area contributed by atoms with Crippen LogP contribution in [0.2, 0.25) is 0 Å². The number of likely N-dealkylation sites (tertiary alicyclic amines) is 1. The molecule has 0 bridgehead atoms. The fraction of sp³-hybridized carbons (Fsp3) is 0.500. The third-order valence-electron chi connectivity index (χ3n) is 4.95. The SMILES string of the molecule is Cn1cc(C2CCCN2C(=O)c2ccc(N3CCOCC3)nc2)cn1. The number of aromatic nitrogens is 3. The summed E-state index contributed by atoms with van der Waals surface area (Å²) in [5, 5.41) is 4.24. The van der Waals surface area contributed by atoms with E-state index in [4.69, 9.17) is 4.74 Å². The van der Waals surface area contributed by atoms with Gasteiger partial charge in [0.25, 0.3) is 5.91 Å². The predicted octanol–water partition coefficient (Wildman–Crippen LogP) is 1.63. The Hall–Kier alpha value is -2.41. The molecule has 0 spiro atoms. The minimum absolute atomic E-state index is 0.0485. The summed E-state index contributed by atoms with van der Waals surface area (Å²) in [6, 6.07) is 3.94. The highest BCUT2D eigenvalue weighted by molar-refractivity contribution is 5.94. The number of anilines is 1. The van der Waals surface area contributed by atoms with Crippen LogP contribution in [-0.2, 0) is 11.8 Å². The summed E-state index contributed by atoms with van der Waals surface area (Å²) in [5.41, 5.74) is 1.75. The van der Waals surface area contributed by atoms with Crippen molar-refractivity contribution in [2.24, 2.45) is 7.05 Å². The summed E-state index contributed by atoms with van der Waals surface area (Å²) >= 11 is 0. The van der Waals surface area contributed by atoms with Gasteiger partial charge in [0.15, 0.2) is 0 Å². The lowest BCUT2D eigenvalue weighted by atomic mass is 10.1. The smallest absolute Gasteiger partial charge is 0.255 e. The Balaban J connectivity index is 1.50. The van der Waals surface area contributed by atoms with Crippen molar-refractivity contribution in [1.29, 1.82) is 0 Å². The lowest BCUT2D eigenvalue weighted by Crippen LogP contribution is -2.36. The van der Waals surface area contributed by atoms with E-state index in [1.165, 1.54) is 0 Å². The summed E-state index contributed by atoms with van der Waals surface area (Å²) in [7, 11) is 1.90. The normalized spacial score (nSPS) is 20.9. The van der Waals surface area contributed by atoms with E-state index in [-0.39, 0.29) is 11.9 Å². The average Bonchev–Trinajstić information content (AvgIpc) is 3.31. The van der Waals surface area contributed by atoms with Gasteiger partial charge in [0, 0.05) is 44.6 Å². The van der Waals surface area contributed by atoms with Crippen LogP contribution in [0.1, 0.15) is 34.8 Å². The van der Waals surface area contributed by atoms with Crippen LogP contribution in [0.5, 0.6) is 0 Å². The Bertz CT molecular complexity index is 736. The predicted molar refractivity (Wildman–Crippen MR) is 93.5 cm³/mol. The molecule has 2 fully saturated rings. The zero-order valence-corrected chi connectivity index (χ0v) is 14.5. The Morgan fingerprint density at radius 2 is 2.04 bits per heavy atom. The first-order valence-corrected chi connectivity index (χ1v) is 8.80. The van der Waals surface area contributed by atoms with Gasteiger partial charge in [-0.1, -0.05) is 0 Å². The number of carbonyl (C=O) groups excluding carboxylic acids is 1. The molecule has 7 nitrogen and oxygen atoms in total. The molecular formula is C18H23N5O2. The number of nitrogens with zero attached hydrogens (tertiary/aromatic N) is 5. The molecule has 7 heteroatoms. The number of pyridine rings is 1. The monoisotopic (exact) mass is 341 g/mol. The summed E-state index contributed by atoms with van der Waals surface area (Å²) in [4.78, 5) is 21.6. The van der Waals surface area contributed by atoms with Gasteiger partial charge in [-0.3, -0.25) is 9.48 Å². The van der Waals surface area contributed by atoms with Crippen molar-refractivity contribution in [3.8, 4) is 0 Å². The molecule has 2 saturated heterocycles. The van der Waals surface area contributed by atoms with Gasteiger partial charge in [0.1, 0.15) is 5.82 Å². The van der Waals surface area contributed by atoms with Crippen LogP contribution in [-0.4, -0.2) is 58.4 Å². The fourth-order valence-electron chi connectivity index (χ4n) is 3.63. The van der Waals surface area contributed by atoms with Crippen LogP contribution in [0.3, 0.4) is 0 Å². The Morgan fingerprint density at radius 3 is 2.72 bits per heavy atom. The Morgan fingerprint density at radius 1 is 1.20 bits per heavy atom. The van der Waals surface area contributed by atoms with Crippen LogP contribution < -0.4 is 4.90 Å². The van der Waals surface area contributed by atoms with Crippen LogP contribution >= 0.6 is 0 Å². The molecular weight excluding hydrogens is 318 g/mol. The number of carbonyl (C=O) groups is 1. The second kappa shape index (κ2) is 6.84. The molecule has 0 radical (unpaired) electrons. The number of aryl methyl sites for hydroxylation is 1. The number of hydrogen-bond acceptors (Lipinski definition) is 5. The number of ether oxygens (including phenoxy) is 1. The number of rotatable bonds is 3. The van der Waals surface area contributed by atoms with Crippen molar-refractivity contribution < 1.29 is 9.53 Å². The topological polar surface area (TPSA) is 63.5 Å². The molecule has 2 aromatic heterocycles. The van der Waals surface area contributed by atoms with Crippen molar-refractivity contribution in [2.75, 3.05) is 37.7 Å². The van der Waals surface area contributed by atoms with E-state index in [2.05, 4.69) is 15.0 Å². The minimum Gasteiger partial charge on any atom is -0.378 e. The molecule has 2 aliphatic rings. The molecule has 0 N–H and O–H groups in total. The van der Waals surface area contributed by atoms with Crippen molar-refractivity contribution in [3.05, 3.63) is 41.9 Å². The van der Waals surface area contributed by atoms with Crippen molar-refractivity contribution >= 4 is 11.7 Å². The highest BCUT2D eigenvalue weighted by Crippen LogP contribution is 2.32. The molecule has 1 amide bonds. The number of hydrogen-bond donors (Lipinski definition) is 0. The zero-order chi connectivity index (χ0) is 17.2. The summed E-state index contributed by atoms with van der Waals surface area (Å²) in [5.74, 6) is 0.956. The molecule has 132 valence electrons. The fourth-order valence-corrected chi connectivity index (χ4v) is 3.63. The van der Waals surface area contributed by atoms with E-state index in [1.807, 2.05) is 36.5 Å². The molecule has 1 unspecified atom stereocenters. The standard InChI is InChI=1S/C18H23N5O2/c1-21-13-15(12-20-21)16-3-2-6-23(16)18(24)14-4-5-17(19-11-14)22-7-9-25-10-8-22/h4-5,11-13,16H,2-3,6-10H2,1H3. The molecule has 0 aromatic carbocycles. The minimum atomic E-state index is 0.0485. The van der Waals surface area contributed by atoms with Gasteiger partial charge < -0.3 is 14.5 Å². The molecule has 2 aromatic rings. The van der Waals surface area contributed by atoms with Gasteiger partial charge >= 0.3 is 0 Å². The van der Waals surface area contributed by atoms with Crippen LogP contribution in [0.15, 0.2) is 30.7 Å². The van der Waals surface area contributed by atoms with Gasteiger partial charge in [-0.05, 0) is 25.0 Å².